The molecule has 0 amide bonds. The first-order valence-corrected chi connectivity index (χ1v) is 7.97. The first-order valence-electron chi connectivity index (χ1n) is 6.49. The number of rotatable bonds is 5. The van der Waals surface area contributed by atoms with Crippen LogP contribution in [0.4, 0.5) is 14.5 Å². The molecule has 2 aromatic carbocycles. The van der Waals surface area contributed by atoms with Crippen LogP contribution >= 0.6 is 0 Å². The normalized spacial score (nSPS) is 11.2. The highest BCUT2D eigenvalue weighted by Gasteiger charge is 2.22. The van der Waals surface area contributed by atoms with E-state index < -0.39 is 26.6 Å². The number of nitrogens with one attached hydrogen (secondary N) is 1. The second-order valence-corrected chi connectivity index (χ2v) is 6.38. The Kier molecular flexibility index (Phi) is 4.74. The van der Waals surface area contributed by atoms with Crippen LogP contribution in [0.2, 0.25) is 0 Å². The van der Waals surface area contributed by atoms with Crippen LogP contribution in [-0.4, -0.2) is 22.6 Å². The van der Waals surface area contributed by atoms with Crippen LogP contribution in [0.3, 0.4) is 0 Å². The minimum absolute atomic E-state index is 0.106. The van der Waals surface area contributed by atoms with E-state index in [1.807, 2.05) is 4.72 Å². The van der Waals surface area contributed by atoms with Gasteiger partial charge >= 0.3 is 0 Å². The second kappa shape index (κ2) is 6.41. The van der Waals surface area contributed by atoms with Crippen molar-refractivity contribution in [3.8, 4) is 11.5 Å². The van der Waals surface area contributed by atoms with Gasteiger partial charge in [0.25, 0.3) is 10.0 Å². The minimum atomic E-state index is -4.29. The average molecular weight is 343 g/mol. The van der Waals surface area contributed by atoms with Crippen LogP contribution in [-0.2, 0) is 10.0 Å². The number of ether oxygens (including phenoxy) is 2. The van der Waals surface area contributed by atoms with Crippen molar-refractivity contribution in [2.75, 3.05) is 18.9 Å². The number of sulfonamides is 1. The molecule has 0 aromatic heterocycles. The summed E-state index contributed by atoms with van der Waals surface area (Å²) in [4.78, 5) is -0.563. The molecule has 124 valence electrons. The lowest BCUT2D eigenvalue weighted by Gasteiger charge is -2.13. The van der Waals surface area contributed by atoms with E-state index >= 15 is 0 Å². The summed E-state index contributed by atoms with van der Waals surface area (Å²) in [5, 5.41) is 0. The van der Waals surface area contributed by atoms with Crippen molar-refractivity contribution >= 4 is 15.7 Å². The molecule has 0 fully saturated rings. The van der Waals surface area contributed by atoms with Gasteiger partial charge < -0.3 is 9.47 Å². The van der Waals surface area contributed by atoms with E-state index in [1.54, 1.807) is 6.92 Å². The average Bonchev–Trinajstić information content (AvgIpc) is 2.50. The fourth-order valence-electron chi connectivity index (χ4n) is 1.95. The predicted octanol–water partition coefficient (Wildman–Crippen LogP) is 3.09. The third-order valence-corrected chi connectivity index (χ3v) is 4.47. The molecular formula is C15H15F2NO4S. The summed E-state index contributed by atoms with van der Waals surface area (Å²) in [5.74, 6) is -1.56. The maximum atomic E-state index is 14.0. The summed E-state index contributed by atoms with van der Waals surface area (Å²) in [5.41, 5.74) is 0.183. The Morgan fingerprint density at radius 1 is 0.957 bits per heavy atom. The van der Waals surface area contributed by atoms with Gasteiger partial charge in [0.2, 0.25) is 0 Å². The molecule has 8 heteroatoms. The fraction of sp³-hybridized carbons (Fsp3) is 0.200. The molecule has 2 aromatic rings. The van der Waals surface area contributed by atoms with E-state index in [0.29, 0.717) is 5.56 Å². The first-order chi connectivity index (χ1) is 10.8. The molecule has 0 aliphatic carbocycles. The lowest BCUT2D eigenvalue weighted by Crippen LogP contribution is -2.16. The van der Waals surface area contributed by atoms with Gasteiger partial charge in [-0.1, -0.05) is 6.07 Å². The van der Waals surface area contributed by atoms with Crippen LogP contribution in [0.5, 0.6) is 11.5 Å². The number of hydrogen-bond acceptors (Lipinski definition) is 4. The molecule has 0 heterocycles. The van der Waals surface area contributed by atoms with Crippen molar-refractivity contribution in [2.24, 2.45) is 0 Å². The predicted molar refractivity (Wildman–Crippen MR) is 81.4 cm³/mol. The monoisotopic (exact) mass is 343 g/mol. The molecular weight excluding hydrogens is 328 g/mol. The van der Waals surface area contributed by atoms with E-state index in [2.05, 4.69) is 0 Å². The van der Waals surface area contributed by atoms with Crippen LogP contribution < -0.4 is 14.2 Å². The highest BCUT2D eigenvalue weighted by Crippen LogP contribution is 2.33. The third-order valence-electron chi connectivity index (χ3n) is 3.09. The molecule has 0 unspecified atom stereocenters. The Balaban J connectivity index is 2.47. The maximum Gasteiger partial charge on any atom is 0.264 e. The Labute approximate surface area is 132 Å². The molecule has 0 saturated carbocycles. The van der Waals surface area contributed by atoms with Crippen LogP contribution in [0.25, 0.3) is 0 Å². The van der Waals surface area contributed by atoms with Crippen molar-refractivity contribution in [3.63, 3.8) is 0 Å². The van der Waals surface area contributed by atoms with Gasteiger partial charge in [0.1, 0.15) is 10.7 Å². The topological polar surface area (TPSA) is 64.6 Å². The van der Waals surface area contributed by atoms with Gasteiger partial charge in [0.15, 0.2) is 17.3 Å². The van der Waals surface area contributed by atoms with Crippen molar-refractivity contribution in [1.82, 2.24) is 0 Å². The zero-order valence-corrected chi connectivity index (χ0v) is 13.5. The molecule has 0 saturated heterocycles. The maximum absolute atomic E-state index is 14.0. The molecule has 23 heavy (non-hydrogen) atoms. The van der Waals surface area contributed by atoms with E-state index in [-0.39, 0.29) is 17.2 Å². The summed E-state index contributed by atoms with van der Waals surface area (Å²) in [6.45, 7) is 1.62. The summed E-state index contributed by atoms with van der Waals surface area (Å²) < 4.78 is 64.3. The smallest absolute Gasteiger partial charge is 0.264 e. The highest BCUT2D eigenvalue weighted by molar-refractivity contribution is 7.92. The van der Waals surface area contributed by atoms with Crippen LogP contribution in [0.15, 0.2) is 35.2 Å². The fourth-order valence-corrected chi connectivity index (χ4v) is 3.17. The molecule has 0 aliphatic rings. The Hall–Kier alpha value is -2.35. The summed E-state index contributed by atoms with van der Waals surface area (Å²) >= 11 is 0. The minimum Gasteiger partial charge on any atom is -0.493 e. The number of benzene rings is 2. The van der Waals surface area contributed by atoms with Crippen LogP contribution in [0, 0.1) is 18.6 Å². The second-order valence-electron chi connectivity index (χ2n) is 4.73. The lowest BCUT2D eigenvalue weighted by atomic mass is 10.2. The number of hydrogen-bond donors (Lipinski definition) is 1. The molecule has 2 rings (SSSR count). The van der Waals surface area contributed by atoms with E-state index in [1.165, 1.54) is 20.3 Å². The number of anilines is 1. The molecule has 5 nitrogen and oxygen atoms in total. The Bertz CT molecular complexity index is 838. The standard InChI is InChI=1S/C15H15F2NO4S/c1-9-4-5-10(16)15(6-9)23(19,20)18-12-8-14(22-3)13(21-2)7-11(12)17/h4-8,18H,1-3H3. The van der Waals surface area contributed by atoms with E-state index in [0.717, 1.165) is 24.3 Å². The molecule has 1 N–H and O–H groups in total. The highest BCUT2D eigenvalue weighted by atomic mass is 32.2. The molecule has 0 spiro atoms. The van der Waals surface area contributed by atoms with Gasteiger partial charge in [0, 0.05) is 12.1 Å². The lowest BCUT2D eigenvalue weighted by molar-refractivity contribution is 0.353. The summed E-state index contributed by atoms with van der Waals surface area (Å²) in [6.07, 6.45) is 0. The van der Waals surface area contributed by atoms with Gasteiger partial charge in [-0.3, -0.25) is 4.72 Å². The van der Waals surface area contributed by atoms with Crippen molar-refractivity contribution in [2.45, 2.75) is 11.8 Å². The van der Waals surface area contributed by atoms with Gasteiger partial charge in [0.05, 0.1) is 19.9 Å². The van der Waals surface area contributed by atoms with Crippen molar-refractivity contribution in [3.05, 3.63) is 47.5 Å². The van der Waals surface area contributed by atoms with Crippen LogP contribution in [0.1, 0.15) is 5.56 Å². The quantitative estimate of drug-likeness (QED) is 0.906. The van der Waals surface area contributed by atoms with Gasteiger partial charge in [-0.25, -0.2) is 17.2 Å². The van der Waals surface area contributed by atoms with Gasteiger partial charge in [-0.05, 0) is 24.6 Å². The molecule has 0 atom stereocenters. The van der Waals surface area contributed by atoms with E-state index in [4.69, 9.17) is 9.47 Å². The zero-order chi connectivity index (χ0) is 17.2. The molecule has 0 aliphatic heterocycles. The van der Waals surface area contributed by atoms with Gasteiger partial charge in [-0.2, -0.15) is 0 Å². The van der Waals surface area contributed by atoms with Crippen molar-refractivity contribution < 1.29 is 26.7 Å². The summed E-state index contributed by atoms with van der Waals surface area (Å²) in [6, 6.07) is 5.74. The summed E-state index contributed by atoms with van der Waals surface area (Å²) in [7, 11) is -1.64. The molecule has 0 radical (unpaired) electrons. The molecule has 0 bridgehead atoms. The SMILES string of the molecule is COc1cc(F)c(NS(=O)(=O)c2cc(C)ccc2F)cc1OC. The number of halogens is 2. The Morgan fingerprint density at radius 3 is 2.17 bits per heavy atom. The van der Waals surface area contributed by atoms with Crippen molar-refractivity contribution in [1.29, 1.82) is 0 Å². The Morgan fingerprint density at radius 2 is 1.57 bits per heavy atom. The number of methoxy groups -OCH3 is 2. The number of aryl methyl sites for hydroxylation is 1. The third kappa shape index (κ3) is 3.53. The largest absolute Gasteiger partial charge is 0.493 e. The zero-order valence-electron chi connectivity index (χ0n) is 12.7. The van der Waals surface area contributed by atoms with Gasteiger partial charge in [-0.15, -0.1) is 0 Å². The van der Waals surface area contributed by atoms with E-state index in [9.17, 15) is 17.2 Å². The first kappa shape index (κ1) is 17.0.